The molecule has 0 aliphatic heterocycles. The first-order chi connectivity index (χ1) is 10.3. The minimum absolute atomic E-state index is 0.275. The van der Waals surface area contributed by atoms with Crippen molar-refractivity contribution < 1.29 is 0 Å². The monoisotopic (exact) mass is 319 g/mol. The molecular formula is C18H19Cl2N. The standard InChI is InChI=1S/C18H19Cl2N/c1-15(21(13-5-11-19)14-6-12-20)17-10-4-8-16-7-2-3-9-18(16)17/h2-12,15H,13-14H2,1H3. The molecule has 1 unspecified atom stereocenters. The SMILES string of the molecule is CC(c1cccc2ccccc12)N(CC=CCl)CC=CCl. The molecule has 0 spiro atoms. The number of fused-ring (bicyclic) bond motifs is 1. The zero-order valence-corrected chi connectivity index (χ0v) is 13.6. The van der Waals surface area contributed by atoms with Gasteiger partial charge in [0.25, 0.3) is 0 Å². The quantitative estimate of drug-likeness (QED) is 0.659. The molecule has 0 aliphatic carbocycles. The highest BCUT2D eigenvalue weighted by atomic mass is 35.5. The van der Waals surface area contributed by atoms with Crippen LogP contribution in [0.1, 0.15) is 18.5 Å². The van der Waals surface area contributed by atoms with E-state index >= 15 is 0 Å². The lowest BCUT2D eigenvalue weighted by Crippen LogP contribution is -2.27. The van der Waals surface area contributed by atoms with Crippen LogP contribution in [0.15, 0.2) is 65.7 Å². The molecule has 0 fully saturated rings. The minimum Gasteiger partial charge on any atom is -0.289 e. The topological polar surface area (TPSA) is 3.24 Å². The molecule has 0 heterocycles. The molecule has 3 heteroatoms. The van der Waals surface area contributed by atoms with Gasteiger partial charge in [-0.15, -0.1) is 0 Å². The summed E-state index contributed by atoms with van der Waals surface area (Å²) in [5.74, 6) is 0. The second-order valence-corrected chi connectivity index (χ2v) is 5.43. The largest absolute Gasteiger partial charge is 0.289 e. The molecule has 2 aromatic rings. The average Bonchev–Trinajstić information content (AvgIpc) is 2.54. The van der Waals surface area contributed by atoms with Gasteiger partial charge in [-0.1, -0.05) is 77.8 Å². The molecular weight excluding hydrogens is 301 g/mol. The van der Waals surface area contributed by atoms with Gasteiger partial charge in [-0.2, -0.15) is 0 Å². The summed E-state index contributed by atoms with van der Waals surface area (Å²) in [6.45, 7) is 3.79. The van der Waals surface area contributed by atoms with Gasteiger partial charge in [0.15, 0.2) is 0 Å². The first-order valence-corrected chi connectivity index (χ1v) is 7.87. The Bertz CT molecular complexity index is 615. The summed E-state index contributed by atoms with van der Waals surface area (Å²) in [5, 5.41) is 2.56. The predicted molar refractivity (Wildman–Crippen MR) is 93.9 cm³/mol. The predicted octanol–water partition coefficient (Wildman–Crippen LogP) is 5.71. The molecule has 2 aromatic carbocycles. The third-order valence-electron chi connectivity index (χ3n) is 3.68. The number of halogens is 2. The fourth-order valence-electron chi connectivity index (χ4n) is 2.55. The van der Waals surface area contributed by atoms with Crippen LogP contribution in [0, 0.1) is 0 Å². The number of hydrogen-bond acceptors (Lipinski definition) is 1. The van der Waals surface area contributed by atoms with Crippen LogP contribution in [0.4, 0.5) is 0 Å². The lowest BCUT2D eigenvalue weighted by atomic mass is 9.98. The van der Waals surface area contributed by atoms with Crippen LogP contribution in [0.5, 0.6) is 0 Å². The summed E-state index contributed by atoms with van der Waals surface area (Å²) in [6.07, 6.45) is 3.90. The van der Waals surface area contributed by atoms with Gasteiger partial charge in [-0.25, -0.2) is 0 Å². The van der Waals surface area contributed by atoms with Crippen LogP contribution in [0.3, 0.4) is 0 Å². The Morgan fingerprint density at radius 2 is 1.57 bits per heavy atom. The fourth-order valence-corrected chi connectivity index (χ4v) is 2.71. The van der Waals surface area contributed by atoms with Gasteiger partial charge in [-0.3, -0.25) is 4.90 Å². The van der Waals surface area contributed by atoms with Crippen molar-refractivity contribution in [2.24, 2.45) is 0 Å². The van der Waals surface area contributed by atoms with Crippen LogP contribution >= 0.6 is 23.2 Å². The minimum atomic E-state index is 0.275. The normalized spacial score (nSPS) is 13.7. The van der Waals surface area contributed by atoms with E-state index in [1.807, 2.05) is 12.2 Å². The highest BCUT2D eigenvalue weighted by molar-refractivity contribution is 6.25. The third kappa shape index (κ3) is 4.10. The van der Waals surface area contributed by atoms with Crippen LogP contribution in [-0.4, -0.2) is 18.0 Å². The number of benzene rings is 2. The smallest absolute Gasteiger partial charge is 0.0332 e. The Kier molecular flexibility index (Phi) is 6.31. The van der Waals surface area contributed by atoms with E-state index in [-0.39, 0.29) is 6.04 Å². The van der Waals surface area contributed by atoms with Gasteiger partial charge in [-0.05, 0) is 23.3 Å². The van der Waals surface area contributed by atoms with Crippen molar-refractivity contribution in [2.45, 2.75) is 13.0 Å². The first kappa shape index (κ1) is 16.1. The lowest BCUT2D eigenvalue weighted by Gasteiger charge is -2.28. The van der Waals surface area contributed by atoms with Gasteiger partial charge >= 0.3 is 0 Å². The highest BCUT2D eigenvalue weighted by Crippen LogP contribution is 2.28. The highest BCUT2D eigenvalue weighted by Gasteiger charge is 2.15. The van der Waals surface area contributed by atoms with E-state index in [0.29, 0.717) is 0 Å². The fraction of sp³-hybridized carbons (Fsp3) is 0.222. The number of rotatable bonds is 6. The molecule has 0 aliphatic rings. The first-order valence-electron chi connectivity index (χ1n) is 7.00. The van der Waals surface area contributed by atoms with E-state index in [1.54, 1.807) is 11.1 Å². The van der Waals surface area contributed by atoms with Crippen molar-refractivity contribution in [3.63, 3.8) is 0 Å². The second kappa shape index (κ2) is 8.23. The average molecular weight is 320 g/mol. The Balaban J connectivity index is 2.35. The van der Waals surface area contributed by atoms with E-state index in [2.05, 4.69) is 54.3 Å². The molecule has 0 saturated heterocycles. The molecule has 21 heavy (non-hydrogen) atoms. The van der Waals surface area contributed by atoms with E-state index in [4.69, 9.17) is 23.2 Å². The van der Waals surface area contributed by atoms with Gasteiger partial charge in [0.2, 0.25) is 0 Å². The van der Waals surface area contributed by atoms with Crippen LogP contribution in [0.2, 0.25) is 0 Å². The Hall–Kier alpha value is -1.28. The summed E-state index contributed by atoms with van der Waals surface area (Å²) >= 11 is 11.3. The van der Waals surface area contributed by atoms with Crippen molar-refractivity contribution in [3.05, 3.63) is 71.3 Å². The van der Waals surface area contributed by atoms with Crippen molar-refractivity contribution in [2.75, 3.05) is 13.1 Å². The Morgan fingerprint density at radius 1 is 0.952 bits per heavy atom. The van der Waals surface area contributed by atoms with E-state index in [9.17, 15) is 0 Å². The van der Waals surface area contributed by atoms with Crippen molar-refractivity contribution in [1.82, 2.24) is 4.90 Å². The molecule has 1 nitrogen and oxygen atoms in total. The Labute approximate surface area is 136 Å². The molecule has 0 amide bonds. The van der Waals surface area contributed by atoms with Crippen molar-refractivity contribution in [3.8, 4) is 0 Å². The van der Waals surface area contributed by atoms with Gasteiger partial charge in [0, 0.05) is 30.2 Å². The number of nitrogens with zero attached hydrogens (tertiary/aromatic N) is 1. The van der Waals surface area contributed by atoms with Crippen LogP contribution in [-0.2, 0) is 0 Å². The summed E-state index contributed by atoms with van der Waals surface area (Å²) < 4.78 is 0. The third-order valence-corrected chi connectivity index (χ3v) is 4.04. The molecule has 1 atom stereocenters. The van der Waals surface area contributed by atoms with Crippen molar-refractivity contribution in [1.29, 1.82) is 0 Å². The molecule has 0 aromatic heterocycles. The van der Waals surface area contributed by atoms with E-state index in [0.717, 1.165) is 13.1 Å². The Morgan fingerprint density at radius 3 is 2.24 bits per heavy atom. The maximum Gasteiger partial charge on any atom is 0.0332 e. The molecule has 110 valence electrons. The molecule has 0 saturated carbocycles. The summed E-state index contributed by atoms with van der Waals surface area (Å²) in [4.78, 5) is 2.32. The molecule has 0 radical (unpaired) electrons. The maximum absolute atomic E-state index is 5.67. The van der Waals surface area contributed by atoms with Gasteiger partial charge in [0.05, 0.1) is 0 Å². The van der Waals surface area contributed by atoms with Gasteiger partial charge in [0.1, 0.15) is 0 Å². The van der Waals surface area contributed by atoms with Gasteiger partial charge < -0.3 is 0 Å². The van der Waals surface area contributed by atoms with Crippen LogP contribution < -0.4 is 0 Å². The molecule has 0 bridgehead atoms. The second-order valence-electron chi connectivity index (χ2n) is 4.92. The summed E-state index contributed by atoms with van der Waals surface area (Å²) in [6, 6.07) is 15.2. The van der Waals surface area contributed by atoms with Crippen molar-refractivity contribution >= 4 is 34.0 Å². The van der Waals surface area contributed by atoms with E-state index in [1.165, 1.54) is 16.3 Å². The summed E-state index contributed by atoms with van der Waals surface area (Å²) in [5.41, 5.74) is 4.44. The zero-order chi connectivity index (χ0) is 15.1. The number of hydrogen-bond donors (Lipinski definition) is 0. The maximum atomic E-state index is 5.67. The summed E-state index contributed by atoms with van der Waals surface area (Å²) in [7, 11) is 0. The molecule has 0 N–H and O–H groups in total. The van der Waals surface area contributed by atoms with Crippen LogP contribution in [0.25, 0.3) is 10.8 Å². The lowest BCUT2D eigenvalue weighted by molar-refractivity contribution is 0.261. The molecule has 2 rings (SSSR count). The van der Waals surface area contributed by atoms with E-state index < -0.39 is 0 Å². The zero-order valence-electron chi connectivity index (χ0n) is 12.0.